The molecular formula is C44H24N2O. The van der Waals surface area contributed by atoms with Crippen LogP contribution in [0.1, 0.15) is 5.56 Å². The minimum absolute atomic E-state index is 0.591. The lowest BCUT2D eigenvalue weighted by Gasteiger charge is -2.23. The Labute approximate surface area is 270 Å². The molecule has 3 nitrogen and oxygen atoms in total. The smallest absolute Gasteiger partial charge is 0.136 e. The van der Waals surface area contributed by atoms with Crippen molar-refractivity contribution in [2.24, 2.45) is 0 Å². The molecule has 2 heterocycles. The Bertz CT molecular complexity index is 2770. The number of hydrogen-bond acceptors (Lipinski definition) is 3. The van der Waals surface area contributed by atoms with Gasteiger partial charge in [-0.05, 0) is 107 Å². The van der Waals surface area contributed by atoms with Gasteiger partial charge in [0.15, 0.2) is 0 Å². The number of nitriles is 1. The van der Waals surface area contributed by atoms with Gasteiger partial charge in [0.1, 0.15) is 11.5 Å². The Morgan fingerprint density at radius 1 is 0.468 bits per heavy atom. The van der Waals surface area contributed by atoms with Gasteiger partial charge in [-0.3, -0.25) is 4.98 Å². The molecule has 9 aromatic rings. The van der Waals surface area contributed by atoms with Crippen molar-refractivity contribution in [1.29, 1.82) is 5.26 Å². The van der Waals surface area contributed by atoms with Crippen molar-refractivity contribution in [1.82, 2.24) is 4.98 Å². The molecule has 0 unspecified atom stereocenters. The molecule has 10 rings (SSSR count). The fraction of sp³-hybridized carbons (Fsp3) is 0. The predicted octanol–water partition coefficient (Wildman–Crippen LogP) is 11.8. The van der Waals surface area contributed by atoms with Crippen LogP contribution in [0.25, 0.3) is 87.6 Å². The number of fused-ring (bicyclic) bond motifs is 2. The molecule has 1 aliphatic heterocycles. The third kappa shape index (κ3) is 3.76. The van der Waals surface area contributed by atoms with E-state index in [9.17, 15) is 5.26 Å². The molecule has 0 N–H and O–H groups in total. The van der Waals surface area contributed by atoms with Crippen LogP contribution in [-0.2, 0) is 0 Å². The summed E-state index contributed by atoms with van der Waals surface area (Å²) < 4.78 is 6.36. The fourth-order valence-electron chi connectivity index (χ4n) is 7.63. The third-order valence-electron chi connectivity index (χ3n) is 9.74. The fourth-order valence-corrected chi connectivity index (χ4v) is 7.63. The average Bonchev–Trinajstić information content (AvgIpc) is 3.14. The summed E-state index contributed by atoms with van der Waals surface area (Å²) in [5.41, 5.74) is 9.76. The van der Waals surface area contributed by atoms with E-state index in [-0.39, 0.29) is 0 Å². The number of pyridine rings is 1. The molecule has 0 fully saturated rings. The van der Waals surface area contributed by atoms with E-state index in [1.165, 1.54) is 49.0 Å². The molecule has 216 valence electrons. The highest BCUT2D eigenvalue weighted by molar-refractivity contribution is 6.27. The summed E-state index contributed by atoms with van der Waals surface area (Å²) in [5, 5.41) is 19.2. The van der Waals surface area contributed by atoms with Gasteiger partial charge in [0.05, 0.1) is 11.6 Å². The number of nitrogens with zero attached hydrogens (tertiary/aromatic N) is 2. The molecule has 1 aliphatic rings. The summed E-state index contributed by atoms with van der Waals surface area (Å²) >= 11 is 0. The molecule has 0 atom stereocenters. The quantitative estimate of drug-likeness (QED) is 0.191. The zero-order valence-corrected chi connectivity index (χ0v) is 25.2. The van der Waals surface area contributed by atoms with Gasteiger partial charge in [-0.15, -0.1) is 0 Å². The molecule has 8 aromatic carbocycles. The normalized spacial score (nSPS) is 12.0. The Balaban J connectivity index is 1.15. The van der Waals surface area contributed by atoms with Crippen molar-refractivity contribution in [3.8, 4) is 62.1 Å². The summed E-state index contributed by atoms with van der Waals surface area (Å²) in [5.74, 6) is 1.54. The van der Waals surface area contributed by atoms with Gasteiger partial charge in [0.25, 0.3) is 0 Å². The first-order valence-electron chi connectivity index (χ1n) is 15.7. The summed E-state index contributed by atoms with van der Waals surface area (Å²) in [6, 6.07) is 49.6. The maximum atomic E-state index is 9.43. The zero-order valence-electron chi connectivity index (χ0n) is 25.2. The van der Waals surface area contributed by atoms with Crippen molar-refractivity contribution in [2.75, 3.05) is 0 Å². The Hall–Kier alpha value is -6.50. The van der Waals surface area contributed by atoms with Gasteiger partial charge in [-0.1, -0.05) is 97.1 Å². The molecule has 0 radical (unpaired) electrons. The van der Waals surface area contributed by atoms with E-state index in [0.717, 1.165) is 50.1 Å². The molecule has 0 bridgehead atoms. The lowest BCUT2D eigenvalue weighted by molar-refractivity contribution is 0.487. The highest BCUT2D eigenvalue weighted by Crippen LogP contribution is 2.49. The maximum absolute atomic E-state index is 9.43. The summed E-state index contributed by atoms with van der Waals surface area (Å²) in [6.07, 6.45) is 3.77. The monoisotopic (exact) mass is 596 g/mol. The van der Waals surface area contributed by atoms with Gasteiger partial charge in [0, 0.05) is 28.9 Å². The van der Waals surface area contributed by atoms with Crippen LogP contribution in [0.2, 0.25) is 0 Å². The van der Waals surface area contributed by atoms with Crippen molar-refractivity contribution in [3.05, 3.63) is 151 Å². The highest BCUT2D eigenvalue weighted by Gasteiger charge is 2.22. The van der Waals surface area contributed by atoms with E-state index in [0.29, 0.717) is 5.56 Å². The maximum Gasteiger partial charge on any atom is 0.136 e. The molecule has 0 aliphatic carbocycles. The molecule has 1 aromatic heterocycles. The summed E-state index contributed by atoms with van der Waals surface area (Å²) in [4.78, 5) is 4.39. The number of benzene rings is 8. The van der Waals surface area contributed by atoms with E-state index in [1.807, 2.05) is 42.7 Å². The standard InChI is InChI=1S/C44H24N2O/c45-24-26-9-14-35-39-20-19-33(36-7-2-8-40(44(36)39)47-41(35)22-26)30-5-1-4-29(23-30)32-15-10-27-13-18-38-34(31-6-3-21-46-25-31)16-11-28-12-17-37(32)42(27)43(28)38/h1-23,25H. The lowest BCUT2D eigenvalue weighted by Crippen LogP contribution is -1.98. The van der Waals surface area contributed by atoms with Gasteiger partial charge >= 0.3 is 0 Å². The first kappa shape index (κ1) is 25.8. The van der Waals surface area contributed by atoms with Gasteiger partial charge in [0.2, 0.25) is 0 Å². The van der Waals surface area contributed by atoms with Gasteiger partial charge in [-0.2, -0.15) is 5.26 Å². The second-order valence-corrected chi connectivity index (χ2v) is 12.2. The molecule has 3 heteroatoms. The van der Waals surface area contributed by atoms with Crippen LogP contribution in [0.15, 0.2) is 146 Å². The minimum atomic E-state index is 0.591. The van der Waals surface area contributed by atoms with Crippen LogP contribution >= 0.6 is 0 Å². The first-order valence-corrected chi connectivity index (χ1v) is 15.7. The van der Waals surface area contributed by atoms with E-state index >= 15 is 0 Å². The third-order valence-corrected chi connectivity index (χ3v) is 9.74. The van der Waals surface area contributed by atoms with Crippen LogP contribution < -0.4 is 4.74 Å². The molecule has 0 spiro atoms. The molecule has 0 saturated carbocycles. The van der Waals surface area contributed by atoms with Crippen molar-refractivity contribution in [2.45, 2.75) is 0 Å². The predicted molar refractivity (Wildman–Crippen MR) is 192 cm³/mol. The van der Waals surface area contributed by atoms with E-state index in [2.05, 4.69) is 114 Å². The zero-order chi connectivity index (χ0) is 31.1. The molecule has 0 amide bonds. The Kier molecular flexibility index (Phi) is 5.35. The minimum Gasteiger partial charge on any atom is -0.456 e. The van der Waals surface area contributed by atoms with Crippen LogP contribution in [0.3, 0.4) is 0 Å². The van der Waals surface area contributed by atoms with E-state index in [1.54, 1.807) is 0 Å². The van der Waals surface area contributed by atoms with Crippen LogP contribution in [0.5, 0.6) is 11.5 Å². The van der Waals surface area contributed by atoms with Crippen LogP contribution in [0.4, 0.5) is 0 Å². The van der Waals surface area contributed by atoms with Gasteiger partial charge in [-0.25, -0.2) is 0 Å². The SMILES string of the molecule is N#Cc1ccc2c(c1)Oc1cccc3c(-c4cccc(-c5ccc6ccc7c(-c8cccnc8)ccc8ccc5c6c87)c4)ccc-2c13. The first-order chi connectivity index (χ1) is 23.2. The summed E-state index contributed by atoms with van der Waals surface area (Å²) in [7, 11) is 0. The Morgan fingerprint density at radius 3 is 1.77 bits per heavy atom. The van der Waals surface area contributed by atoms with E-state index < -0.39 is 0 Å². The van der Waals surface area contributed by atoms with Crippen molar-refractivity contribution < 1.29 is 4.74 Å². The van der Waals surface area contributed by atoms with Crippen molar-refractivity contribution >= 4 is 43.1 Å². The molecular weight excluding hydrogens is 572 g/mol. The lowest BCUT2D eigenvalue weighted by atomic mass is 9.86. The number of ether oxygens (including phenoxy) is 1. The summed E-state index contributed by atoms with van der Waals surface area (Å²) in [6.45, 7) is 0. The second kappa shape index (κ2) is 9.75. The van der Waals surface area contributed by atoms with Crippen LogP contribution in [-0.4, -0.2) is 4.98 Å². The van der Waals surface area contributed by atoms with E-state index in [4.69, 9.17) is 4.74 Å². The van der Waals surface area contributed by atoms with Gasteiger partial charge < -0.3 is 4.74 Å². The van der Waals surface area contributed by atoms with Crippen LogP contribution in [0, 0.1) is 11.3 Å². The van der Waals surface area contributed by atoms with Crippen molar-refractivity contribution in [3.63, 3.8) is 0 Å². The topological polar surface area (TPSA) is 45.9 Å². The molecule has 0 saturated heterocycles. The average molecular weight is 597 g/mol. The molecule has 47 heavy (non-hydrogen) atoms. The number of rotatable bonds is 3. The Morgan fingerprint density at radius 2 is 1.06 bits per heavy atom. The second-order valence-electron chi connectivity index (χ2n) is 12.2. The number of hydrogen-bond donors (Lipinski definition) is 0. The largest absolute Gasteiger partial charge is 0.456 e. The highest BCUT2D eigenvalue weighted by atomic mass is 16.5. The number of aromatic nitrogens is 1.